The largest absolute Gasteiger partial charge is 0.462 e. The first-order chi connectivity index (χ1) is 14.6. The Balaban J connectivity index is 1.47. The Labute approximate surface area is 192 Å². The second kappa shape index (κ2) is 8.86. The first kappa shape index (κ1) is 23.4. The zero-order valence-corrected chi connectivity index (χ0v) is 21.2. The van der Waals surface area contributed by atoms with E-state index in [0.29, 0.717) is 10.8 Å². The lowest BCUT2D eigenvalue weighted by Gasteiger charge is -2.58. The van der Waals surface area contributed by atoms with Crippen LogP contribution in [0.4, 0.5) is 0 Å². The second-order valence-corrected chi connectivity index (χ2v) is 12.8. The Kier molecular flexibility index (Phi) is 6.68. The Morgan fingerprint density at radius 2 is 1.84 bits per heavy atom. The predicted octanol–water partition coefficient (Wildman–Crippen LogP) is 7.96. The summed E-state index contributed by atoms with van der Waals surface area (Å²) in [6.45, 7) is 14.1. The highest BCUT2D eigenvalue weighted by Gasteiger charge is 2.59. The molecule has 3 fully saturated rings. The SMILES string of the molecule is CC(=O)O[C@@H]1CC[C@@]2(C)C(=CC[C@H]3[C@@H]4CC[C@@H]([C@H](C)CCCC(C)C)[C@@]4(C)CC[C@@H]32)C1. The molecule has 0 N–H and O–H groups in total. The first-order valence-corrected chi connectivity index (χ1v) is 13.5. The van der Waals surface area contributed by atoms with Crippen LogP contribution in [0.3, 0.4) is 0 Å². The predicted molar refractivity (Wildman–Crippen MR) is 129 cm³/mol. The van der Waals surface area contributed by atoms with Crippen molar-refractivity contribution in [2.45, 2.75) is 118 Å². The molecule has 0 aromatic carbocycles. The monoisotopic (exact) mass is 428 g/mol. The van der Waals surface area contributed by atoms with Crippen molar-refractivity contribution in [2.75, 3.05) is 0 Å². The van der Waals surface area contributed by atoms with Gasteiger partial charge >= 0.3 is 5.97 Å². The zero-order valence-electron chi connectivity index (χ0n) is 21.2. The van der Waals surface area contributed by atoms with E-state index in [1.54, 1.807) is 12.5 Å². The summed E-state index contributed by atoms with van der Waals surface area (Å²) in [4.78, 5) is 11.5. The third-order valence-electron chi connectivity index (χ3n) is 10.6. The lowest BCUT2D eigenvalue weighted by Crippen LogP contribution is -2.51. The maximum atomic E-state index is 11.5. The van der Waals surface area contributed by atoms with Gasteiger partial charge in [-0.05, 0) is 91.3 Å². The van der Waals surface area contributed by atoms with Gasteiger partial charge in [0.15, 0.2) is 0 Å². The summed E-state index contributed by atoms with van der Waals surface area (Å²) in [5, 5.41) is 0. The maximum Gasteiger partial charge on any atom is 0.302 e. The molecular formula is C29H48O2. The standard InChI is InChI=1S/C29H48O2/c1-19(2)8-7-9-20(3)25-12-13-26-24-11-10-22-18-23(31-21(4)30)14-16-28(22,5)27(24)15-17-29(25,26)6/h10,19-20,23-27H,7-9,11-18H2,1-6H3/t20-,23-,24+,25+,26+,27+,28+,29-/m1/s1. The minimum absolute atomic E-state index is 0.115. The quantitative estimate of drug-likeness (QED) is 0.317. The van der Waals surface area contributed by atoms with E-state index < -0.39 is 0 Å². The van der Waals surface area contributed by atoms with Crippen LogP contribution in [0.1, 0.15) is 112 Å². The van der Waals surface area contributed by atoms with Crippen LogP contribution in [0.15, 0.2) is 11.6 Å². The Hall–Kier alpha value is -0.790. The number of carbonyl (C=O) groups is 1. The molecule has 0 aliphatic heterocycles. The van der Waals surface area contributed by atoms with Crippen LogP contribution < -0.4 is 0 Å². The third kappa shape index (κ3) is 4.26. The third-order valence-corrected chi connectivity index (χ3v) is 10.6. The Morgan fingerprint density at radius 3 is 2.55 bits per heavy atom. The van der Waals surface area contributed by atoms with E-state index in [2.05, 4.69) is 40.7 Å². The topological polar surface area (TPSA) is 26.3 Å². The molecule has 8 atom stereocenters. The summed E-state index contributed by atoms with van der Waals surface area (Å²) in [5.41, 5.74) is 2.53. The van der Waals surface area contributed by atoms with Crippen LogP contribution >= 0.6 is 0 Å². The van der Waals surface area contributed by atoms with Crippen LogP contribution in [0, 0.1) is 46.3 Å². The van der Waals surface area contributed by atoms with E-state index in [0.717, 1.165) is 48.3 Å². The zero-order chi connectivity index (χ0) is 22.4. The number of esters is 1. The molecule has 0 bridgehead atoms. The molecule has 0 spiro atoms. The van der Waals surface area contributed by atoms with Crippen LogP contribution in [0.25, 0.3) is 0 Å². The average molecular weight is 429 g/mol. The molecule has 4 rings (SSSR count). The van der Waals surface area contributed by atoms with Crippen LogP contribution in [-0.2, 0) is 9.53 Å². The number of hydrogen-bond donors (Lipinski definition) is 0. The molecule has 4 aliphatic rings. The lowest BCUT2D eigenvalue weighted by molar-refractivity contribution is -0.148. The lowest BCUT2D eigenvalue weighted by atomic mass is 9.47. The molecule has 176 valence electrons. The van der Waals surface area contributed by atoms with E-state index in [9.17, 15) is 4.79 Å². The molecule has 2 heteroatoms. The molecule has 4 aliphatic carbocycles. The summed E-state index contributed by atoms with van der Waals surface area (Å²) in [5.74, 6) is 5.19. The van der Waals surface area contributed by atoms with Crippen molar-refractivity contribution in [1.82, 2.24) is 0 Å². The highest BCUT2D eigenvalue weighted by atomic mass is 16.5. The van der Waals surface area contributed by atoms with E-state index in [4.69, 9.17) is 4.74 Å². The molecule has 0 amide bonds. The summed E-state index contributed by atoms with van der Waals surface area (Å²) >= 11 is 0. The van der Waals surface area contributed by atoms with Crippen molar-refractivity contribution in [3.05, 3.63) is 11.6 Å². The van der Waals surface area contributed by atoms with Crippen molar-refractivity contribution >= 4 is 5.97 Å². The van der Waals surface area contributed by atoms with E-state index in [1.165, 1.54) is 57.8 Å². The first-order valence-electron chi connectivity index (χ1n) is 13.5. The van der Waals surface area contributed by atoms with Crippen molar-refractivity contribution in [1.29, 1.82) is 0 Å². The summed E-state index contributed by atoms with van der Waals surface area (Å²) in [6.07, 6.45) is 17.2. The van der Waals surface area contributed by atoms with Gasteiger partial charge in [0.2, 0.25) is 0 Å². The van der Waals surface area contributed by atoms with E-state index in [-0.39, 0.29) is 12.1 Å². The highest BCUT2D eigenvalue weighted by Crippen LogP contribution is 2.67. The molecule has 0 unspecified atom stereocenters. The Morgan fingerprint density at radius 1 is 1.06 bits per heavy atom. The van der Waals surface area contributed by atoms with E-state index >= 15 is 0 Å². The van der Waals surface area contributed by atoms with Gasteiger partial charge in [-0.3, -0.25) is 4.79 Å². The van der Waals surface area contributed by atoms with Crippen molar-refractivity contribution in [3.63, 3.8) is 0 Å². The molecule has 31 heavy (non-hydrogen) atoms. The minimum atomic E-state index is -0.115. The number of hydrogen-bond acceptors (Lipinski definition) is 2. The molecule has 2 nitrogen and oxygen atoms in total. The van der Waals surface area contributed by atoms with Gasteiger partial charge in [-0.1, -0.05) is 65.5 Å². The molecule has 0 heterocycles. The summed E-state index contributed by atoms with van der Waals surface area (Å²) < 4.78 is 5.61. The van der Waals surface area contributed by atoms with Crippen LogP contribution in [0.2, 0.25) is 0 Å². The average Bonchev–Trinajstić information content (AvgIpc) is 3.05. The second-order valence-electron chi connectivity index (χ2n) is 12.8. The van der Waals surface area contributed by atoms with Gasteiger partial charge in [0.25, 0.3) is 0 Å². The normalized spacial score (nSPS) is 42.9. The van der Waals surface area contributed by atoms with Gasteiger partial charge in [0.1, 0.15) is 6.10 Å². The van der Waals surface area contributed by atoms with Gasteiger partial charge in [0.05, 0.1) is 0 Å². The number of fused-ring (bicyclic) bond motifs is 5. The van der Waals surface area contributed by atoms with Crippen LogP contribution in [0.5, 0.6) is 0 Å². The molecular weight excluding hydrogens is 380 g/mol. The highest BCUT2D eigenvalue weighted by molar-refractivity contribution is 5.66. The summed E-state index contributed by atoms with van der Waals surface area (Å²) in [6, 6.07) is 0. The van der Waals surface area contributed by atoms with Gasteiger partial charge in [-0.25, -0.2) is 0 Å². The van der Waals surface area contributed by atoms with Gasteiger partial charge in [0, 0.05) is 13.3 Å². The van der Waals surface area contributed by atoms with Crippen molar-refractivity contribution < 1.29 is 9.53 Å². The van der Waals surface area contributed by atoms with Gasteiger partial charge < -0.3 is 4.74 Å². The van der Waals surface area contributed by atoms with Crippen molar-refractivity contribution in [2.24, 2.45) is 46.3 Å². The van der Waals surface area contributed by atoms with Crippen molar-refractivity contribution in [3.8, 4) is 0 Å². The van der Waals surface area contributed by atoms with Gasteiger partial charge in [-0.2, -0.15) is 0 Å². The number of carbonyl (C=O) groups excluding carboxylic acids is 1. The number of allylic oxidation sites excluding steroid dienone is 1. The van der Waals surface area contributed by atoms with Crippen LogP contribution in [-0.4, -0.2) is 12.1 Å². The minimum Gasteiger partial charge on any atom is -0.462 e. The van der Waals surface area contributed by atoms with E-state index in [1.807, 2.05) is 0 Å². The fourth-order valence-electron chi connectivity index (χ4n) is 8.99. The summed E-state index contributed by atoms with van der Waals surface area (Å²) in [7, 11) is 0. The molecule has 0 aromatic rings. The molecule has 0 aromatic heterocycles. The molecule has 0 saturated heterocycles. The Bertz CT molecular complexity index is 693. The fraction of sp³-hybridized carbons (Fsp3) is 0.897. The molecule has 3 saturated carbocycles. The fourth-order valence-corrected chi connectivity index (χ4v) is 8.99. The number of ether oxygens (including phenoxy) is 1. The number of rotatable bonds is 6. The van der Waals surface area contributed by atoms with Gasteiger partial charge in [-0.15, -0.1) is 0 Å². The maximum absolute atomic E-state index is 11.5. The smallest absolute Gasteiger partial charge is 0.302 e. The molecule has 0 radical (unpaired) electrons.